The van der Waals surface area contributed by atoms with Crippen LogP contribution in [0.2, 0.25) is 0 Å². The molecule has 1 unspecified atom stereocenters. The van der Waals surface area contributed by atoms with Crippen LogP contribution in [0, 0.1) is 6.92 Å². The van der Waals surface area contributed by atoms with Gasteiger partial charge in [-0.05, 0) is 43.5 Å². The average molecular weight is 259 g/mol. The van der Waals surface area contributed by atoms with Crippen molar-refractivity contribution in [1.29, 1.82) is 0 Å². The van der Waals surface area contributed by atoms with Gasteiger partial charge in [0, 0.05) is 21.7 Å². The summed E-state index contributed by atoms with van der Waals surface area (Å²) >= 11 is 1.88. The summed E-state index contributed by atoms with van der Waals surface area (Å²) in [4.78, 5) is 2.81. The molecule has 0 fully saturated rings. The Hall–Kier alpha value is -1.12. The van der Waals surface area contributed by atoms with Crippen molar-refractivity contribution in [3.05, 3.63) is 57.3 Å². The second-order valence-corrected chi connectivity index (χ2v) is 6.38. The van der Waals surface area contributed by atoms with Gasteiger partial charge < -0.3 is 5.73 Å². The van der Waals surface area contributed by atoms with Crippen molar-refractivity contribution < 1.29 is 0 Å². The van der Waals surface area contributed by atoms with Crippen molar-refractivity contribution in [3.8, 4) is 0 Å². The normalized spacial score (nSPS) is 14.4. The molecule has 1 nitrogen and oxygen atoms in total. The molecule has 2 heteroatoms. The van der Waals surface area contributed by atoms with Crippen molar-refractivity contribution in [2.75, 3.05) is 0 Å². The van der Waals surface area contributed by atoms with Gasteiger partial charge in [-0.2, -0.15) is 0 Å². The van der Waals surface area contributed by atoms with Crippen LogP contribution >= 0.6 is 11.3 Å². The Morgan fingerprint density at radius 1 is 1.11 bits per heavy atom. The van der Waals surface area contributed by atoms with Gasteiger partial charge in [0.15, 0.2) is 0 Å². The Labute approximate surface area is 114 Å². The number of benzene rings is 1. The summed E-state index contributed by atoms with van der Waals surface area (Å²) in [6.07, 6.45) is 2.01. The first-order valence-corrected chi connectivity index (χ1v) is 7.27. The number of aryl methyl sites for hydroxylation is 2. The quantitative estimate of drug-likeness (QED) is 0.881. The predicted molar refractivity (Wildman–Crippen MR) is 80.1 cm³/mol. The lowest BCUT2D eigenvalue weighted by Gasteiger charge is -2.26. The predicted octanol–water partition coefficient (Wildman–Crippen LogP) is 4.04. The molecule has 1 heterocycles. The maximum atomic E-state index is 6.53. The Morgan fingerprint density at radius 3 is 2.39 bits per heavy atom. The number of rotatable bonds is 4. The van der Waals surface area contributed by atoms with Crippen molar-refractivity contribution in [1.82, 2.24) is 0 Å². The SMILES string of the molecule is CCc1ccc(CC(C)(N)c2ccccc2C)s1. The lowest BCUT2D eigenvalue weighted by atomic mass is 9.86. The second-order valence-electron chi connectivity index (χ2n) is 5.13. The van der Waals surface area contributed by atoms with Crippen LogP contribution < -0.4 is 5.73 Å². The summed E-state index contributed by atoms with van der Waals surface area (Å²) in [5.41, 5.74) is 8.76. The van der Waals surface area contributed by atoms with Crippen LogP contribution in [-0.4, -0.2) is 0 Å². The van der Waals surface area contributed by atoms with E-state index < -0.39 is 0 Å². The maximum absolute atomic E-state index is 6.53. The van der Waals surface area contributed by atoms with Gasteiger partial charge >= 0.3 is 0 Å². The minimum atomic E-state index is -0.290. The average Bonchev–Trinajstić information content (AvgIpc) is 2.76. The molecule has 2 aromatic rings. The van der Waals surface area contributed by atoms with E-state index >= 15 is 0 Å². The molecule has 0 aliphatic heterocycles. The number of thiophene rings is 1. The number of nitrogens with two attached hydrogens (primary N) is 1. The standard InChI is InChI=1S/C16H21NS/c1-4-13-9-10-14(18-13)11-16(3,17)15-8-6-5-7-12(15)2/h5-10H,4,11,17H2,1-3H3. The second kappa shape index (κ2) is 5.25. The summed E-state index contributed by atoms with van der Waals surface area (Å²) in [6, 6.07) is 12.8. The topological polar surface area (TPSA) is 26.0 Å². The van der Waals surface area contributed by atoms with Crippen LogP contribution in [0.25, 0.3) is 0 Å². The molecule has 96 valence electrons. The molecule has 2 N–H and O–H groups in total. The molecule has 1 aromatic heterocycles. The Morgan fingerprint density at radius 2 is 1.78 bits per heavy atom. The zero-order valence-corrected chi connectivity index (χ0v) is 12.2. The highest BCUT2D eigenvalue weighted by Crippen LogP contribution is 2.28. The third-order valence-corrected chi connectivity index (χ3v) is 4.60. The van der Waals surface area contributed by atoms with Gasteiger partial charge in [-0.25, -0.2) is 0 Å². The van der Waals surface area contributed by atoms with E-state index in [4.69, 9.17) is 5.73 Å². The molecule has 0 radical (unpaired) electrons. The summed E-state index contributed by atoms with van der Waals surface area (Å²) in [5, 5.41) is 0. The van der Waals surface area contributed by atoms with Crippen molar-refractivity contribution in [3.63, 3.8) is 0 Å². The van der Waals surface area contributed by atoms with Gasteiger partial charge in [-0.15, -0.1) is 11.3 Å². The Balaban J connectivity index is 2.24. The molecule has 0 aliphatic rings. The fourth-order valence-electron chi connectivity index (χ4n) is 2.38. The zero-order chi connectivity index (χ0) is 13.2. The van der Waals surface area contributed by atoms with Crippen molar-refractivity contribution >= 4 is 11.3 Å². The minimum Gasteiger partial charge on any atom is -0.321 e. The Bertz CT molecular complexity index is 525. The largest absolute Gasteiger partial charge is 0.321 e. The van der Waals surface area contributed by atoms with Crippen LogP contribution in [0.4, 0.5) is 0 Å². The van der Waals surface area contributed by atoms with E-state index in [-0.39, 0.29) is 5.54 Å². The van der Waals surface area contributed by atoms with Crippen molar-refractivity contribution in [2.45, 2.75) is 39.2 Å². The van der Waals surface area contributed by atoms with Crippen LogP contribution in [-0.2, 0) is 18.4 Å². The fraction of sp³-hybridized carbons (Fsp3) is 0.375. The summed E-state index contributed by atoms with van der Waals surface area (Å²) in [5.74, 6) is 0. The van der Waals surface area contributed by atoms with E-state index in [1.807, 2.05) is 11.3 Å². The third kappa shape index (κ3) is 2.82. The molecule has 0 bridgehead atoms. The van der Waals surface area contributed by atoms with Crippen LogP contribution in [0.5, 0.6) is 0 Å². The van der Waals surface area contributed by atoms with Gasteiger partial charge in [-0.3, -0.25) is 0 Å². The van der Waals surface area contributed by atoms with E-state index in [0.29, 0.717) is 0 Å². The highest BCUT2D eigenvalue weighted by molar-refractivity contribution is 7.12. The molecule has 0 spiro atoms. The Kier molecular flexibility index (Phi) is 3.88. The van der Waals surface area contributed by atoms with Crippen LogP contribution in [0.15, 0.2) is 36.4 Å². The molecule has 0 saturated carbocycles. The van der Waals surface area contributed by atoms with Crippen LogP contribution in [0.3, 0.4) is 0 Å². The van der Waals surface area contributed by atoms with Gasteiger partial charge in [0.25, 0.3) is 0 Å². The lowest BCUT2D eigenvalue weighted by Crippen LogP contribution is -2.35. The van der Waals surface area contributed by atoms with Crippen molar-refractivity contribution in [2.24, 2.45) is 5.73 Å². The highest BCUT2D eigenvalue weighted by Gasteiger charge is 2.23. The van der Waals surface area contributed by atoms with Gasteiger partial charge in [0.2, 0.25) is 0 Å². The third-order valence-electron chi connectivity index (χ3n) is 3.37. The molecule has 0 amide bonds. The maximum Gasteiger partial charge on any atom is 0.0432 e. The minimum absolute atomic E-state index is 0.290. The first-order valence-electron chi connectivity index (χ1n) is 6.45. The van der Waals surface area contributed by atoms with E-state index in [1.165, 1.54) is 20.9 Å². The van der Waals surface area contributed by atoms with Gasteiger partial charge in [0.05, 0.1) is 0 Å². The molecule has 1 aromatic carbocycles. The van der Waals surface area contributed by atoms with Gasteiger partial charge in [0.1, 0.15) is 0 Å². The first-order chi connectivity index (χ1) is 8.53. The van der Waals surface area contributed by atoms with Gasteiger partial charge in [-0.1, -0.05) is 31.2 Å². The van der Waals surface area contributed by atoms with E-state index in [2.05, 4.69) is 57.2 Å². The van der Waals surface area contributed by atoms with Crippen LogP contribution in [0.1, 0.15) is 34.7 Å². The smallest absolute Gasteiger partial charge is 0.0432 e. The lowest BCUT2D eigenvalue weighted by molar-refractivity contribution is 0.492. The summed E-state index contributed by atoms with van der Waals surface area (Å²) in [7, 11) is 0. The molecular weight excluding hydrogens is 238 g/mol. The number of hydrogen-bond donors (Lipinski definition) is 1. The molecule has 0 saturated heterocycles. The zero-order valence-electron chi connectivity index (χ0n) is 11.4. The fourth-order valence-corrected chi connectivity index (χ4v) is 3.50. The van der Waals surface area contributed by atoms with E-state index in [0.717, 1.165) is 12.8 Å². The monoisotopic (exact) mass is 259 g/mol. The summed E-state index contributed by atoms with van der Waals surface area (Å²) < 4.78 is 0. The molecule has 1 atom stereocenters. The first kappa shape index (κ1) is 13.3. The molecular formula is C16H21NS. The highest BCUT2D eigenvalue weighted by atomic mass is 32.1. The molecule has 0 aliphatic carbocycles. The molecule has 2 rings (SSSR count). The summed E-state index contributed by atoms with van der Waals surface area (Å²) in [6.45, 7) is 6.45. The van der Waals surface area contributed by atoms with E-state index in [9.17, 15) is 0 Å². The number of hydrogen-bond acceptors (Lipinski definition) is 2. The molecule has 18 heavy (non-hydrogen) atoms. The van der Waals surface area contributed by atoms with E-state index in [1.54, 1.807) is 0 Å².